The van der Waals surface area contributed by atoms with E-state index >= 15 is 0 Å². The molecule has 1 atom stereocenters. The van der Waals surface area contributed by atoms with Crippen molar-refractivity contribution >= 4 is 25.4 Å². The summed E-state index contributed by atoms with van der Waals surface area (Å²) in [6.07, 6.45) is 2.01. The molecule has 0 N–H and O–H groups in total. The van der Waals surface area contributed by atoms with Gasteiger partial charge in [0.1, 0.15) is 0 Å². The standard InChI is InChI=1S/C11H12O2Se/c12-11-10(7-4-8-13-11)14-9-5-2-1-3-6-9/h1-3,5-6,10H,4,7-8H2. The Labute approximate surface area is 89.8 Å². The van der Waals surface area contributed by atoms with Gasteiger partial charge in [0, 0.05) is 0 Å². The van der Waals surface area contributed by atoms with E-state index in [0.29, 0.717) is 6.61 Å². The van der Waals surface area contributed by atoms with Crippen LogP contribution in [0.5, 0.6) is 0 Å². The first-order chi connectivity index (χ1) is 6.86. The number of rotatable bonds is 2. The second kappa shape index (κ2) is 4.63. The average molecular weight is 255 g/mol. The van der Waals surface area contributed by atoms with Crippen LogP contribution >= 0.6 is 0 Å². The van der Waals surface area contributed by atoms with E-state index in [1.807, 2.05) is 18.2 Å². The van der Waals surface area contributed by atoms with Gasteiger partial charge in [0.15, 0.2) is 0 Å². The van der Waals surface area contributed by atoms with Crippen LogP contribution in [-0.2, 0) is 9.53 Å². The van der Waals surface area contributed by atoms with E-state index in [2.05, 4.69) is 12.1 Å². The minimum atomic E-state index is 0.0000954. The van der Waals surface area contributed by atoms with E-state index in [9.17, 15) is 4.79 Å². The van der Waals surface area contributed by atoms with Gasteiger partial charge < -0.3 is 0 Å². The fraction of sp³-hybridized carbons (Fsp3) is 0.364. The molecular formula is C11H12O2Se. The number of hydrogen-bond acceptors (Lipinski definition) is 2. The molecule has 2 rings (SSSR count). The first-order valence-corrected chi connectivity index (χ1v) is 6.59. The number of ether oxygens (including phenoxy) is 1. The number of benzene rings is 1. The molecule has 0 bridgehead atoms. The summed E-state index contributed by atoms with van der Waals surface area (Å²) in [6, 6.07) is 10.2. The summed E-state index contributed by atoms with van der Waals surface area (Å²) in [5, 5.41) is 0. The van der Waals surface area contributed by atoms with Crippen molar-refractivity contribution in [3.8, 4) is 0 Å². The zero-order valence-electron chi connectivity index (χ0n) is 7.81. The Morgan fingerprint density at radius 2 is 2.07 bits per heavy atom. The number of hydrogen-bond donors (Lipinski definition) is 0. The third-order valence-electron chi connectivity index (χ3n) is 2.14. The fourth-order valence-corrected chi connectivity index (χ4v) is 3.71. The predicted molar refractivity (Wildman–Crippen MR) is 55.8 cm³/mol. The molecule has 74 valence electrons. The van der Waals surface area contributed by atoms with E-state index < -0.39 is 0 Å². The molecule has 1 aromatic carbocycles. The van der Waals surface area contributed by atoms with Gasteiger partial charge in [-0.15, -0.1) is 0 Å². The fourth-order valence-electron chi connectivity index (χ4n) is 1.42. The van der Waals surface area contributed by atoms with Crippen LogP contribution in [0.15, 0.2) is 30.3 Å². The number of cyclic esters (lactones) is 1. The van der Waals surface area contributed by atoms with Gasteiger partial charge in [-0.2, -0.15) is 0 Å². The molecule has 1 aliphatic rings. The first-order valence-electron chi connectivity index (χ1n) is 4.74. The number of carbonyl (C=O) groups is 1. The summed E-state index contributed by atoms with van der Waals surface area (Å²) in [4.78, 5) is 11.5. The summed E-state index contributed by atoms with van der Waals surface area (Å²) in [5.74, 6) is 0.0000954. The monoisotopic (exact) mass is 256 g/mol. The molecule has 1 aromatic rings. The minimum absolute atomic E-state index is 0.0000954. The predicted octanol–water partition coefficient (Wildman–Crippen LogP) is 1.14. The Hall–Kier alpha value is -0.791. The zero-order chi connectivity index (χ0) is 9.80. The van der Waals surface area contributed by atoms with Crippen LogP contribution in [-0.4, -0.2) is 27.5 Å². The zero-order valence-corrected chi connectivity index (χ0v) is 9.52. The van der Waals surface area contributed by atoms with Crippen molar-refractivity contribution in [2.75, 3.05) is 6.61 Å². The average Bonchev–Trinajstić information content (AvgIpc) is 2.23. The second-order valence-electron chi connectivity index (χ2n) is 3.23. The van der Waals surface area contributed by atoms with Crippen molar-refractivity contribution in [3.63, 3.8) is 0 Å². The molecule has 0 spiro atoms. The molecule has 2 nitrogen and oxygen atoms in total. The van der Waals surface area contributed by atoms with Crippen molar-refractivity contribution in [2.24, 2.45) is 0 Å². The molecule has 0 saturated carbocycles. The van der Waals surface area contributed by atoms with Gasteiger partial charge >= 0.3 is 89.5 Å². The Kier molecular flexibility index (Phi) is 3.22. The van der Waals surface area contributed by atoms with Crippen LogP contribution in [0, 0.1) is 0 Å². The third-order valence-corrected chi connectivity index (χ3v) is 4.78. The summed E-state index contributed by atoms with van der Waals surface area (Å²) in [6.45, 7) is 0.611. The van der Waals surface area contributed by atoms with Gasteiger partial charge in [0.2, 0.25) is 0 Å². The SMILES string of the molecule is O=C1OCCCC1[Se]c1ccccc1. The van der Waals surface area contributed by atoms with Crippen molar-refractivity contribution < 1.29 is 9.53 Å². The van der Waals surface area contributed by atoms with Crippen LogP contribution in [0.2, 0.25) is 4.82 Å². The molecule has 1 unspecified atom stereocenters. The van der Waals surface area contributed by atoms with Crippen LogP contribution in [0.25, 0.3) is 0 Å². The Balaban J connectivity index is 2.00. The topological polar surface area (TPSA) is 26.3 Å². The van der Waals surface area contributed by atoms with E-state index in [4.69, 9.17) is 4.74 Å². The molecule has 3 heteroatoms. The molecule has 0 aliphatic carbocycles. The quantitative estimate of drug-likeness (QED) is 0.585. The van der Waals surface area contributed by atoms with Crippen molar-refractivity contribution in [2.45, 2.75) is 17.7 Å². The van der Waals surface area contributed by atoms with Gasteiger partial charge in [0.05, 0.1) is 0 Å². The molecule has 14 heavy (non-hydrogen) atoms. The van der Waals surface area contributed by atoms with E-state index in [1.165, 1.54) is 4.46 Å². The second-order valence-corrected chi connectivity index (χ2v) is 5.91. The summed E-state index contributed by atoms with van der Waals surface area (Å²) < 4.78 is 6.32. The molecule has 1 aliphatic heterocycles. The van der Waals surface area contributed by atoms with Crippen molar-refractivity contribution in [1.82, 2.24) is 0 Å². The molecule has 0 aromatic heterocycles. The molecule has 1 fully saturated rings. The van der Waals surface area contributed by atoms with Gasteiger partial charge in [0.25, 0.3) is 0 Å². The Morgan fingerprint density at radius 1 is 1.29 bits per heavy atom. The van der Waals surface area contributed by atoms with Crippen LogP contribution in [0.3, 0.4) is 0 Å². The van der Waals surface area contributed by atoms with Gasteiger partial charge in [-0.3, -0.25) is 0 Å². The van der Waals surface area contributed by atoms with Crippen molar-refractivity contribution in [3.05, 3.63) is 30.3 Å². The van der Waals surface area contributed by atoms with Gasteiger partial charge in [-0.1, -0.05) is 0 Å². The van der Waals surface area contributed by atoms with Gasteiger partial charge in [-0.05, 0) is 0 Å². The van der Waals surface area contributed by atoms with E-state index in [-0.39, 0.29) is 25.7 Å². The molecular weight excluding hydrogens is 243 g/mol. The summed E-state index contributed by atoms with van der Waals surface area (Å²) >= 11 is 0.235. The third kappa shape index (κ3) is 2.37. The normalized spacial score (nSPS) is 21.7. The van der Waals surface area contributed by atoms with Crippen LogP contribution in [0.4, 0.5) is 0 Å². The summed E-state index contributed by atoms with van der Waals surface area (Å²) in [5.41, 5.74) is 0. The van der Waals surface area contributed by atoms with E-state index in [1.54, 1.807) is 0 Å². The number of esters is 1. The number of carbonyl (C=O) groups excluding carboxylic acids is 1. The Bertz CT molecular complexity index is 310. The Morgan fingerprint density at radius 3 is 2.79 bits per heavy atom. The molecule has 0 radical (unpaired) electrons. The first kappa shape index (κ1) is 9.75. The maximum absolute atomic E-state index is 11.4. The molecule has 0 amide bonds. The van der Waals surface area contributed by atoms with Crippen LogP contribution < -0.4 is 4.46 Å². The molecule has 1 heterocycles. The molecule has 1 saturated heterocycles. The van der Waals surface area contributed by atoms with E-state index in [0.717, 1.165) is 12.8 Å². The maximum atomic E-state index is 11.4. The van der Waals surface area contributed by atoms with Gasteiger partial charge in [-0.25, -0.2) is 0 Å². The van der Waals surface area contributed by atoms with Crippen LogP contribution in [0.1, 0.15) is 12.8 Å². The van der Waals surface area contributed by atoms with Crippen molar-refractivity contribution in [1.29, 1.82) is 0 Å². The summed E-state index contributed by atoms with van der Waals surface area (Å²) in [7, 11) is 0.